The number of hydrogen-bond donors (Lipinski definition) is 2. The van der Waals surface area contributed by atoms with Gasteiger partial charge in [-0.15, -0.1) is 20.4 Å². The fourth-order valence-corrected chi connectivity index (χ4v) is 4.34. The summed E-state index contributed by atoms with van der Waals surface area (Å²) in [5, 5.41) is 22.0. The molecule has 2 aromatic rings. The van der Waals surface area contributed by atoms with E-state index in [4.69, 9.17) is 5.73 Å². The molecule has 9 heteroatoms. The summed E-state index contributed by atoms with van der Waals surface area (Å²) in [6, 6.07) is 0. The summed E-state index contributed by atoms with van der Waals surface area (Å²) in [5.74, 6) is 0.909. The van der Waals surface area contributed by atoms with Gasteiger partial charge in [-0.2, -0.15) is 0 Å². The quantitative estimate of drug-likeness (QED) is 0.891. The van der Waals surface area contributed by atoms with Crippen molar-refractivity contribution in [1.29, 1.82) is 0 Å². The molecule has 1 saturated carbocycles. The van der Waals surface area contributed by atoms with Crippen LogP contribution in [0.15, 0.2) is 0 Å². The van der Waals surface area contributed by atoms with Crippen LogP contribution in [0, 0.1) is 5.92 Å². The molecule has 2 atom stereocenters. The molecule has 1 unspecified atom stereocenters. The van der Waals surface area contributed by atoms with E-state index in [1.807, 2.05) is 0 Å². The molecule has 0 aliphatic heterocycles. The Balaban J connectivity index is 1.58. The van der Waals surface area contributed by atoms with Gasteiger partial charge in [-0.1, -0.05) is 22.7 Å². The molecular formula is C12H16N6OS2. The monoisotopic (exact) mass is 324 g/mol. The summed E-state index contributed by atoms with van der Waals surface area (Å²) in [7, 11) is 0. The molecule has 1 fully saturated rings. The van der Waals surface area contributed by atoms with E-state index in [0.717, 1.165) is 35.7 Å². The molecule has 2 aromatic heterocycles. The Kier molecular flexibility index (Phi) is 4.11. The molecule has 1 amide bonds. The molecule has 7 nitrogen and oxygen atoms in total. The number of nitrogens with two attached hydrogens (primary N) is 1. The number of aromatic nitrogens is 4. The van der Waals surface area contributed by atoms with Gasteiger partial charge in [0.25, 0.3) is 0 Å². The highest BCUT2D eigenvalue weighted by molar-refractivity contribution is 7.15. The number of nitrogens with zero attached hydrogens (tertiary/aromatic N) is 4. The minimum Gasteiger partial charge on any atom is -0.374 e. The lowest BCUT2D eigenvalue weighted by Crippen LogP contribution is -2.04. The molecule has 0 aromatic carbocycles. The van der Waals surface area contributed by atoms with Crippen LogP contribution in [0.3, 0.4) is 0 Å². The maximum atomic E-state index is 11.0. The third kappa shape index (κ3) is 3.53. The smallest absolute Gasteiger partial charge is 0.223 e. The van der Waals surface area contributed by atoms with E-state index in [2.05, 4.69) is 25.7 Å². The zero-order chi connectivity index (χ0) is 14.8. The first-order valence-electron chi connectivity index (χ1n) is 6.79. The van der Waals surface area contributed by atoms with Crippen molar-refractivity contribution in [2.24, 2.45) is 5.92 Å². The topological polar surface area (TPSA) is 107 Å². The van der Waals surface area contributed by atoms with Gasteiger partial charge in [0.15, 0.2) is 0 Å². The number of rotatable bonds is 4. The van der Waals surface area contributed by atoms with Crippen LogP contribution >= 0.6 is 22.7 Å². The van der Waals surface area contributed by atoms with Crippen LogP contribution in [-0.4, -0.2) is 26.3 Å². The van der Waals surface area contributed by atoms with Crippen LogP contribution in [-0.2, 0) is 11.2 Å². The van der Waals surface area contributed by atoms with E-state index in [1.165, 1.54) is 29.6 Å². The lowest BCUT2D eigenvalue weighted by atomic mass is 10.0. The number of carbonyl (C=O) groups excluding carboxylic acids is 1. The standard InChI is InChI=1S/C12H16N6OS2/c1-6(19)14-12-18-16-10(21-12)8-3-2-7(4-8)5-9-15-17-11(13)20-9/h7-8H,2-5H2,1H3,(H2,13,17)(H,14,18,19)/t7-,8?/m1/s1. The fourth-order valence-electron chi connectivity index (χ4n) is 2.68. The van der Waals surface area contributed by atoms with E-state index < -0.39 is 0 Å². The fraction of sp³-hybridized carbons (Fsp3) is 0.583. The van der Waals surface area contributed by atoms with Crippen molar-refractivity contribution < 1.29 is 4.79 Å². The molecule has 2 heterocycles. The summed E-state index contributed by atoms with van der Waals surface area (Å²) in [6.07, 6.45) is 4.27. The molecule has 1 aliphatic rings. The maximum Gasteiger partial charge on any atom is 0.223 e. The number of hydrogen-bond acceptors (Lipinski definition) is 8. The zero-order valence-corrected chi connectivity index (χ0v) is 13.2. The second-order valence-corrected chi connectivity index (χ2v) is 7.34. The number of nitrogens with one attached hydrogen (secondary N) is 1. The highest BCUT2D eigenvalue weighted by Gasteiger charge is 2.29. The second-order valence-electron chi connectivity index (χ2n) is 5.24. The first-order chi connectivity index (χ1) is 10.1. The van der Waals surface area contributed by atoms with Gasteiger partial charge in [0, 0.05) is 19.3 Å². The van der Waals surface area contributed by atoms with Gasteiger partial charge in [0.1, 0.15) is 10.0 Å². The highest BCUT2D eigenvalue weighted by Crippen LogP contribution is 2.41. The van der Waals surface area contributed by atoms with Gasteiger partial charge >= 0.3 is 0 Å². The van der Waals surface area contributed by atoms with Crippen molar-refractivity contribution in [1.82, 2.24) is 20.4 Å². The second kappa shape index (κ2) is 6.02. The van der Waals surface area contributed by atoms with E-state index in [1.54, 1.807) is 0 Å². The summed E-state index contributed by atoms with van der Waals surface area (Å²) in [6.45, 7) is 1.47. The molecule has 3 N–H and O–H groups in total. The average molecular weight is 324 g/mol. The number of carbonyl (C=O) groups is 1. The zero-order valence-electron chi connectivity index (χ0n) is 11.6. The molecule has 3 rings (SSSR count). The third-order valence-electron chi connectivity index (χ3n) is 3.56. The average Bonchev–Trinajstić information content (AvgIpc) is 3.11. The van der Waals surface area contributed by atoms with Crippen molar-refractivity contribution in [3.8, 4) is 0 Å². The third-order valence-corrected chi connectivity index (χ3v) is 5.34. The highest BCUT2D eigenvalue weighted by atomic mass is 32.1. The number of amides is 1. The SMILES string of the molecule is CC(=O)Nc1nnc(C2CC[C@@H](Cc3nnc(N)s3)C2)s1. The normalized spacial score (nSPS) is 21.6. The Hall–Kier alpha value is -1.61. The van der Waals surface area contributed by atoms with Gasteiger partial charge in [-0.05, 0) is 25.2 Å². The molecule has 1 aliphatic carbocycles. The van der Waals surface area contributed by atoms with Crippen LogP contribution in [0.4, 0.5) is 10.3 Å². The Labute approximate surface area is 130 Å². The van der Waals surface area contributed by atoms with Gasteiger partial charge in [-0.25, -0.2) is 0 Å². The van der Waals surface area contributed by atoms with Crippen LogP contribution in [0.2, 0.25) is 0 Å². The van der Waals surface area contributed by atoms with Crippen molar-refractivity contribution in [3.63, 3.8) is 0 Å². The van der Waals surface area contributed by atoms with Crippen LogP contribution in [0.1, 0.15) is 42.1 Å². The first kappa shape index (κ1) is 14.3. The van der Waals surface area contributed by atoms with Crippen LogP contribution in [0.25, 0.3) is 0 Å². The minimum atomic E-state index is -0.115. The van der Waals surface area contributed by atoms with Crippen molar-refractivity contribution in [3.05, 3.63) is 10.0 Å². The molecule has 0 saturated heterocycles. The van der Waals surface area contributed by atoms with Gasteiger partial charge in [-0.3, -0.25) is 4.79 Å². The predicted octanol–water partition coefficient (Wildman–Crippen LogP) is 2.06. The molecule has 0 radical (unpaired) electrons. The molecule has 0 spiro atoms. The Morgan fingerprint density at radius 1 is 1.29 bits per heavy atom. The van der Waals surface area contributed by atoms with Gasteiger partial charge < -0.3 is 11.1 Å². The first-order valence-corrected chi connectivity index (χ1v) is 8.42. The lowest BCUT2D eigenvalue weighted by molar-refractivity contribution is -0.114. The van der Waals surface area contributed by atoms with Gasteiger partial charge in [0.2, 0.25) is 16.2 Å². The van der Waals surface area contributed by atoms with Crippen LogP contribution < -0.4 is 11.1 Å². The Morgan fingerprint density at radius 2 is 2.14 bits per heavy atom. The molecule has 21 heavy (non-hydrogen) atoms. The minimum absolute atomic E-state index is 0.115. The van der Waals surface area contributed by atoms with Crippen molar-refractivity contribution in [2.75, 3.05) is 11.1 Å². The van der Waals surface area contributed by atoms with E-state index in [0.29, 0.717) is 22.1 Å². The molecule has 112 valence electrons. The summed E-state index contributed by atoms with van der Waals surface area (Å²) in [5.41, 5.74) is 5.61. The maximum absolute atomic E-state index is 11.0. The van der Waals surface area contributed by atoms with Gasteiger partial charge in [0.05, 0.1) is 0 Å². The van der Waals surface area contributed by atoms with Crippen molar-refractivity contribution in [2.45, 2.75) is 38.5 Å². The Bertz CT molecular complexity index is 639. The summed E-state index contributed by atoms with van der Waals surface area (Å²) < 4.78 is 0. The van der Waals surface area contributed by atoms with E-state index in [-0.39, 0.29) is 5.91 Å². The lowest BCUT2D eigenvalue weighted by Gasteiger charge is -2.06. The van der Waals surface area contributed by atoms with E-state index in [9.17, 15) is 4.79 Å². The summed E-state index contributed by atoms with van der Waals surface area (Å²) >= 11 is 2.94. The summed E-state index contributed by atoms with van der Waals surface area (Å²) in [4.78, 5) is 11.0. The molecule has 0 bridgehead atoms. The largest absolute Gasteiger partial charge is 0.374 e. The number of anilines is 2. The van der Waals surface area contributed by atoms with Crippen molar-refractivity contribution >= 4 is 38.8 Å². The predicted molar refractivity (Wildman–Crippen MR) is 82.3 cm³/mol. The van der Waals surface area contributed by atoms with E-state index >= 15 is 0 Å². The Morgan fingerprint density at radius 3 is 2.86 bits per heavy atom. The number of nitrogen functional groups attached to an aromatic ring is 1. The molecular weight excluding hydrogens is 308 g/mol. The van der Waals surface area contributed by atoms with Crippen LogP contribution in [0.5, 0.6) is 0 Å².